The first-order valence-corrected chi connectivity index (χ1v) is 25.2. The summed E-state index contributed by atoms with van der Waals surface area (Å²) in [6, 6.07) is 18.5. The number of hydrogen-bond acceptors (Lipinski definition) is 8. The summed E-state index contributed by atoms with van der Waals surface area (Å²) >= 11 is 1.73. The fourth-order valence-corrected chi connectivity index (χ4v) is 10.9. The van der Waals surface area contributed by atoms with Crippen molar-refractivity contribution in [3.8, 4) is 34.7 Å². The van der Waals surface area contributed by atoms with Crippen LogP contribution in [0.15, 0.2) is 91.6 Å². The number of fused-ring (bicyclic) bond motifs is 1. The molecule has 0 amide bonds. The molecule has 3 unspecified atom stereocenters. The number of aryl methyl sites for hydroxylation is 2. The first-order valence-electron chi connectivity index (χ1n) is 24.4. The third kappa shape index (κ3) is 12.7. The van der Waals surface area contributed by atoms with E-state index in [1.807, 2.05) is 6.20 Å². The SMILES string of the molecule is C#CCCC(C)(C)Cc1c(-c2cccnc2[CH-]C)n(CC)c2ccc(-c3cc(C)cc(CC(NC(=C)C(C(C)C)N4CCC(CN(CC)SNCC)C4=C)C(=C)N4CCCCN4)c3)cc12.[Na+]. The summed E-state index contributed by atoms with van der Waals surface area (Å²) in [5.41, 5.74) is 18.0. The predicted molar refractivity (Wildman–Crippen MR) is 280 cm³/mol. The van der Waals surface area contributed by atoms with Gasteiger partial charge in [-0.3, -0.25) is 9.71 Å². The number of likely N-dealkylation sites (tertiary alicyclic amines) is 1. The van der Waals surface area contributed by atoms with Crippen molar-refractivity contribution in [2.45, 2.75) is 126 Å². The van der Waals surface area contributed by atoms with Crippen molar-refractivity contribution >= 4 is 23.0 Å². The molecular formula is C56H79N8NaS. The van der Waals surface area contributed by atoms with Crippen LogP contribution in [-0.2, 0) is 19.4 Å². The number of hydrogen-bond donors (Lipinski definition) is 3. The third-order valence-corrected chi connectivity index (χ3v) is 14.7. The molecule has 2 saturated heterocycles. The second-order valence-electron chi connectivity index (χ2n) is 19.4. The van der Waals surface area contributed by atoms with Crippen molar-refractivity contribution in [1.82, 2.24) is 39.2 Å². The molecule has 66 heavy (non-hydrogen) atoms. The van der Waals surface area contributed by atoms with E-state index < -0.39 is 0 Å². The third-order valence-electron chi connectivity index (χ3n) is 13.6. The minimum Gasteiger partial charge on any atom is -0.378 e. The number of pyridine rings is 1. The Labute approximate surface area is 426 Å². The molecular weight excluding hydrogens is 840 g/mol. The average molecular weight is 919 g/mol. The number of nitrogens with zero attached hydrogens (tertiary/aromatic N) is 5. The van der Waals surface area contributed by atoms with Crippen LogP contribution < -0.4 is 45.0 Å². The van der Waals surface area contributed by atoms with Crippen LogP contribution in [0.25, 0.3) is 33.3 Å². The quantitative estimate of drug-likeness (QED) is 0.0296. The van der Waals surface area contributed by atoms with Crippen LogP contribution in [0.2, 0.25) is 0 Å². The predicted octanol–water partition coefficient (Wildman–Crippen LogP) is 8.74. The van der Waals surface area contributed by atoms with Crippen LogP contribution >= 0.6 is 12.1 Å². The summed E-state index contributed by atoms with van der Waals surface area (Å²) in [4.78, 5) is 7.34. The van der Waals surface area contributed by atoms with Crippen LogP contribution in [0.1, 0.15) is 110 Å². The number of hydrazine groups is 1. The molecule has 2 aromatic heterocycles. The van der Waals surface area contributed by atoms with Crippen LogP contribution in [0.3, 0.4) is 0 Å². The number of terminal acetylenes is 1. The van der Waals surface area contributed by atoms with E-state index >= 15 is 0 Å². The van der Waals surface area contributed by atoms with Gasteiger partial charge in [0, 0.05) is 104 Å². The zero-order valence-corrected chi connectivity index (χ0v) is 45.1. The van der Waals surface area contributed by atoms with Gasteiger partial charge in [0.1, 0.15) is 0 Å². The second kappa shape index (κ2) is 24.6. The number of benzene rings is 2. The molecule has 350 valence electrons. The van der Waals surface area contributed by atoms with E-state index in [1.165, 1.54) is 62.1 Å². The van der Waals surface area contributed by atoms with Gasteiger partial charge in [-0.05, 0) is 104 Å². The molecule has 10 heteroatoms. The standard InChI is InChI=1S/C56H79N8S.Na/c1-14-19-27-56(12,13)37-50-49-36-45(24-25-53(49)62(18-5)55(50)48-23-22-28-57-51(48)15-2)47-33-40(8)32-44(34-47)35-52(43(11)64-30-21-20-29-58-64)60-41(9)54(39(6)7)63-31-26-46(42(63)10)38-61(17-4)65-59-16-3;/h1,15,22-25,28,32-34,36,39,46,52,54,58-60H,9-11,16-21,26-27,29-31,35,37-38H2,2-8,12-13H3;/q-1;+1. The van der Waals surface area contributed by atoms with E-state index in [0.29, 0.717) is 11.8 Å². The Morgan fingerprint density at radius 3 is 2.55 bits per heavy atom. The monoisotopic (exact) mass is 919 g/mol. The topological polar surface area (TPSA) is 63.6 Å². The van der Waals surface area contributed by atoms with Gasteiger partial charge < -0.3 is 19.8 Å². The van der Waals surface area contributed by atoms with Crippen molar-refractivity contribution in [2.75, 3.05) is 39.3 Å². The summed E-state index contributed by atoms with van der Waals surface area (Å²) < 4.78 is 8.35. The summed E-state index contributed by atoms with van der Waals surface area (Å²) in [7, 11) is 0. The van der Waals surface area contributed by atoms with Gasteiger partial charge in [-0.15, -0.1) is 30.9 Å². The Morgan fingerprint density at radius 2 is 1.88 bits per heavy atom. The van der Waals surface area contributed by atoms with E-state index in [4.69, 9.17) is 31.1 Å². The molecule has 6 rings (SSSR count). The molecule has 4 aromatic rings. The first-order chi connectivity index (χ1) is 31.2. The maximum atomic E-state index is 5.82. The molecule has 2 aromatic carbocycles. The Kier molecular flexibility index (Phi) is 19.9. The molecule has 3 N–H and O–H groups in total. The average Bonchev–Trinajstić information content (AvgIpc) is 3.80. The Balaban J connectivity index is 0.00000817. The van der Waals surface area contributed by atoms with Gasteiger partial charge >= 0.3 is 29.6 Å². The van der Waals surface area contributed by atoms with E-state index in [2.05, 4.69) is 157 Å². The normalized spacial score (nSPS) is 16.4. The second-order valence-corrected chi connectivity index (χ2v) is 20.4. The van der Waals surface area contributed by atoms with Gasteiger partial charge in [0.05, 0.1) is 12.1 Å². The molecule has 0 radical (unpaired) electrons. The number of nitrogens with one attached hydrogen (secondary N) is 3. The van der Waals surface area contributed by atoms with Crippen molar-refractivity contribution in [1.29, 1.82) is 0 Å². The van der Waals surface area contributed by atoms with Crippen LogP contribution in [0.4, 0.5) is 0 Å². The summed E-state index contributed by atoms with van der Waals surface area (Å²) in [6.45, 7) is 41.2. The van der Waals surface area contributed by atoms with Crippen molar-refractivity contribution in [2.24, 2.45) is 17.3 Å². The molecule has 8 nitrogen and oxygen atoms in total. The summed E-state index contributed by atoms with van der Waals surface area (Å²) in [6.07, 6.45) is 16.7. The largest absolute Gasteiger partial charge is 1.00 e. The molecule has 2 aliphatic rings. The fraction of sp³-hybridized carbons (Fsp3) is 0.500. The molecule has 2 fully saturated rings. The summed E-state index contributed by atoms with van der Waals surface area (Å²) in [5, 5.41) is 7.60. The maximum absolute atomic E-state index is 5.82. The van der Waals surface area contributed by atoms with E-state index in [-0.39, 0.29) is 47.1 Å². The van der Waals surface area contributed by atoms with Crippen LogP contribution in [-0.4, -0.2) is 75.1 Å². The Hall–Kier alpha value is -3.59. The van der Waals surface area contributed by atoms with Crippen molar-refractivity contribution in [3.63, 3.8) is 0 Å². The smallest absolute Gasteiger partial charge is 0.378 e. The van der Waals surface area contributed by atoms with Gasteiger partial charge in [-0.2, -0.15) is 0 Å². The zero-order valence-electron chi connectivity index (χ0n) is 42.3. The molecule has 4 heterocycles. The van der Waals surface area contributed by atoms with Gasteiger partial charge in [-0.25, -0.2) is 16.2 Å². The van der Waals surface area contributed by atoms with Gasteiger partial charge in [0.15, 0.2) is 0 Å². The number of aromatic nitrogens is 2. The minimum absolute atomic E-state index is 0. The minimum atomic E-state index is -0.0627. The van der Waals surface area contributed by atoms with Crippen LogP contribution in [0.5, 0.6) is 0 Å². The van der Waals surface area contributed by atoms with Crippen LogP contribution in [0, 0.1) is 42.9 Å². The molecule has 0 saturated carbocycles. The molecule has 2 aliphatic heterocycles. The van der Waals surface area contributed by atoms with Gasteiger partial charge in [-0.1, -0.05) is 103 Å². The Morgan fingerprint density at radius 1 is 1.09 bits per heavy atom. The van der Waals surface area contributed by atoms with E-state index in [1.54, 1.807) is 12.1 Å². The van der Waals surface area contributed by atoms with Crippen molar-refractivity contribution < 1.29 is 29.6 Å². The Bertz CT molecular complexity index is 2320. The number of rotatable bonds is 23. The molecule has 0 bridgehead atoms. The molecule has 0 spiro atoms. The maximum Gasteiger partial charge on any atom is 1.00 e. The fourth-order valence-electron chi connectivity index (χ4n) is 10.2. The molecule has 0 aliphatic carbocycles. The van der Waals surface area contributed by atoms with E-state index in [9.17, 15) is 0 Å². The van der Waals surface area contributed by atoms with Gasteiger partial charge in [0.2, 0.25) is 0 Å². The summed E-state index contributed by atoms with van der Waals surface area (Å²) in [5.74, 6) is 3.66. The zero-order chi connectivity index (χ0) is 46.8. The van der Waals surface area contributed by atoms with Gasteiger partial charge in [0.25, 0.3) is 0 Å². The molecule has 3 atom stereocenters. The van der Waals surface area contributed by atoms with Crippen molar-refractivity contribution in [3.05, 3.63) is 120 Å². The van der Waals surface area contributed by atoms with E-state index in [0.717, 1.165) is 101 Å². The first kappa shape index (κ1) is 53.4.